The number of carbonyl (C=O) groups excluding carboxylic acids is 1. The van der Waals surface area contributed by atoms with E-state index in [0.29, 0.717) is 18.0 Å². The average Bonchev–Trinajstić information content (AvgIpc) is 2.88. The quantitative estimate of drug-likeness (QED) is 0.858. The summed E-state index contributed by atoms with van der Waals surface area (Å²) < 4.78 is 26.3. The first-order chi connectivity index (χ1) is 9.32. The zero-order valence-corrected chi connectivity index (χ0v) is 13.1. The fourth-order valence-electron chi connectivity index (χ4n) is 2.41. The Balaban J connectivity index is 2.16. The van der Waals surface area contributed by atoms with E-state index in [1.807, 2.05) is 13.8 Å². The summed E-state index contributed by atoms with van der Waals surface area (Å²) in [5, 5.41) is 0.498. The molecule has 0 aliphatic carbocycles. The molecule has 0 bridgehead atoms. The Morgan fingerprint density at radius 2 is 1.90 bits per heavy atom. The number of rotatable bonds is 4. The number of hydrogen-bond donors (Lipinski definition) is 0. The van der Waals surface area contributed by atoms with Gasteiger partial charge >= 0.3 is 0 Å². The molecule has 1 aromatic rings. The molecular formula is C14H18ClNO3S. The van der Waals surface area contributed by atoms with E-state index in [0.717, 1.165) is 0 Å². The Labute approximate surface area is 124 Å². The molecule has 0 aromatic heterocycles. The van der Waals surface area contributed by atoms with Crippen LogP contribution in [0.2, 0.25) is 5.02 Å². The maximum Gasteiger partial charge on any atom is 0.243 e. The number of sulfonamides is 1. The van der Waals surface area contributed by atoms with Crippen molar-refractivity contribution < 1.29 is 13.2 Å². The lowest BCUT2D eigenvalue weighted by Crippen LogP contribution is -2.30. The highest BCUT2D eigenvalue weighted by Gasteiger charge is 2.36. The molecule has 110 valence electrons. The van der Waals surface area contributed by atoms with Crippen molar-refractivity contribution in [2.45, 2.75) is 25.2 Å². The lowest BCUT2D eigenvalue weighted by atomic mass is 9.95. The summed E-state index contributed by atoms with van der Waals surface area (Å²) in [5.41, 5.74) is 0. The maximum atomic E-state index is 12.5. The van der Waals surface area contributed by atoms with E-state index in [4.69, 9.17) is 11.6 Å². The summed E-state index contributed by atoms with van der Waals surface area (Å²) in [4.78, 5) is 12.2. The molecular weight excluding hydrogens is 298 g/mol. The van der Waals surface area contributed by atoms with Crippen LogP contribution in [0, 0.1) is 11.8 Å². The number of benzene rings is 1. The number of Topliss-reactive ketones (excluding diaryl/α,β-unsaturated/α-hetero) is 1. The summed E-state index contributed by atoms with van der Waals surface area (Å²) in [7, 11) is -3.53. The van der Waals surface area contributed by atoms with E-state index in [-0.39, 0.29) is 29.1 Å². The highest BCUT2D eigenvalue weighted by atomic mass is 35.5. The third-order valence-electron chi connectivity index (χ3n) is 3.57. The van der Waals surface area contributed by atoms with Crippen LogP contribution in [0.1, 0.15) is 20.3 Å². The van der Waals surface area contributed by atoms with Crippen LogP contribution in [-0.2, 0) is 14.8 Å². The number of hydrogen-bond acceptors (Lipinski definition) is 3. The first-order valence-electron chi connectivity index (χ1n) is 6.62. The molecule has 0 radical (unpaired) electrons. The summed E-state index contributed by atoms with van der Waals surface area (Å²) in [6.07, 6.45) is 0.601. The van der Waals surface area contributed by atoms with E-state index in [2.05, 4.69) is 0 Å². The predicted molar refractivity (Wildman–Crippen MR) is 78.2 cm³/mol. The smallest absolute Gasteiger partial charge is 0.243 e. The van der Waals surface area contributed by atoms with E-state index < -0.39 is 10.0 Å². The van der Waals surface area contributed by atoms with Gasteiger partial charge in [-0.1, -0.05) is 25.4 Å². The molecule has 1 fully saturated rings. The van der Waals surface area contributed by atoms with E-state index in [1.165, 1.54) is 16.4 Å². The number of nitrogens with zero attached hydrogens (tertiary/aromatic N) is 1. The van der Waals surface area contributed by atoms with Gasteiger partial charge < -0.3 is 0 Å². The van der Waals surface area contributed by atoms with E-state index >= 15 is 0 Å². The zero-order chi connectivity index (χ0) is 14.9. The Hall–Kier alpha value is -0.910. The molecule has 0 unspecified atom stereocenters. The van der Waals surface area contributed by atoms with Gasteiger partial charge in [0.2, 0.25) is 10.0 Å². The lowest BCUT2D eigenvalue weighted by molar-refractivity contribution is -0.125. The number of ketones is 1. The summed E-state index contributed by atoms with van der Waals surface area (Å²) in [6, 6.07) is 6.10. The van der Waals surface area contributed by atoms with Crippen LogP contribution >= 0.6 is 11.6 Å². The van der Waals surface area contributed by atoms with Crippen LogP contribution in [-0.4, -0.2) is 31.6 Å². The minimum Gasteiger partial charge on any atom is -0.299 e. The molecule has 1 aliphatic heterocycles. The van der Waals surface area contributed by atoms with Gasteiger partial charge in [0, 0.05) is 29.9 Å². The van der Waals surface area contributed by atoms with Gasteiger partial charge in [-0.25, -0.2) is 8.42 Å². The molecule has 0 spiro atoms. The van der Waals surface area contributed by atoms with Gasteiger partial charge in [0.05, 0.1) is 4.90 Å². The van der Waals surface area contributed by atoms with Crippen molar-refractivity contribution in [1.29, 1.82) is 0 Å². The molecule has 0 saturated carbocycles. The Bertz CT molecular complexity index is 595. The summed E-state index contributed by atoms with van der Waals surface area (Å²) in [5.74, 6) is -0.103. The van der Waals surface area contributed by atoms with Crippen molar-refractivity contribution in [2.24, 2.45) is 11.8 Å². The Kier molecular flexibility index (Phi) is 4.52. The molecule has 1 saturated heterocycles. The molecule has 4 nitrogen and oxygen atoms in total. The minimum absolute atomic E-state index is 0.0572. The molecule has 1 heterocycles. The van der Waals surface area contributed by atoms with Gasteiger partial charge in [-0.3, -0.25) is 4.79 Å². The number of carbonyl (C=O) groups is 1. The minimum atomic E-state index is -3.53. The van der Waals surface area contributed by atoms with Gasteiger partial charge in [0.1, 0.15) is 5.78 Å². The molecule has 1 aliphatic rings. The molecule has 1 atom stereocenters. The molecule has 1 aromatic carbocycles. The second kappa shape index (κ2) is 5.84. The zero-order valence-electron chi connectivity index (χ0n) is 11.5. The largest absolute Gasteiger partial charge is 0.299 e. The van der Waals surface area contributed by atoms with Gasteiger partial charge in [0.15, 0.2) is 0 Å². The average molecular weight is 316 g/mol. The van der Waals surface area contributed by atoms with Crippen LogP contribution < -0.4 is 0 Å². The third-order valence-corrected chi connectivity index (χ3v) is 5.71. The Morgan fingerprint density at radius 3 is 2.45 bits per heavy atom. The first kappa shape index (κ1) is 15.5. The fourth-order valence-corrected chi connectivity index (χ4v) is 4.03. The molecule has 20 heavy (non-hydrogen) atoms. The second-order valence-electron chi connectivity index (χ2n) is 5.36. The van der Waals surface area contributed by atoms with Crippen molar-refractivity contribution in [1.82, 2.24) is 4.31 Å². The van der Waals surface area contributed by atoms with Crippen molar-refractivity contribution in [3.8, 4) is 0 Å². The van der Waals surface area contributed by atoms with Crippen molar-refractivity contribution in [3.63, 3.8) is 0 Å². The molecule has 6 heteroatoms. The fraction of sp³-hybridized carbons (Fsp3) is 0.500. The molecule has 2 rings (SSSR count). The highest BCUT2D eigenvalue weighted by molar-refractivity contribution is 7.89. The van der Waals surface area contributed by atoms with Crippen molar-refractivity contribution >= 4 is 27.4 Å². The van der Waals surface area contributed by atoms with Crippen LogP contribution in [0.4, 0.5) is 0 Å². The van der Waals surface area contributed by atoms with Gasteiger partial charge in [-0.2, -0.15) is 4.31 Å². The normalized spacial score (nSPS) is 20.5. The maximum absolute atomic E-state index is 12.5. The first-order valence-corrected chi connectivity index (χ1v) is 8.43. The third kappa shape index (κ3) is 3.05. The van der Waals surface area contributed by atoms with Crippen molar-refractivity contribution in [2.75, 3.05) is 13.1 Å². The van der Waals surface area contributed by atoms with Crippen LogP contribution in [0.5, 0.6) is 0 Å². The lowest BCUT2D eigenvalue weighted by Gasteiger charge is -2.17. The van der Waals surface area contributed by atoms with Crippen molar-refractivity contribution in [3.05, 3.63) is 29.3 Å². The summed E-state index contributed by atoms with van der Waals surface area (Å²) in [6.45, 7) is 4.37. The highest BCUT2D eigenvalue weighted by Crippen LogP contribution is 2.27. The second-order valence-corrected chi connectivity index (χ2v) is 7.73. The Morgan fingerprint density at radius 1 is 1.30 bits per heavy atom. The summed E-state index contributed by atoms with van der Waals surface area (Å²) >= 11 is 5.77. The molecule has 0 N–H and O–H groups in total. The standard InChI is InChI=1S/C14H18ClNO3S/c1-10(2)14(17)11-7-8-16(9-11)20(18,19)13-5-3-12(15)4-6-13/h3-6,10-11H,7-9H2,1-2H3/t11-/m1/s1. The number of halogens is 1. The van der Waals surface area contributed by atoms with E-state index in [9.17, 15) is 13.2 Å². The van der Waals surface area contributed by atoms with Gasteiger partial charge in [-0.05, 0) is 30.7 Å². The molecule has 0 amide bonds. The van der Waals surface area contributed by atoms with Crippen LogP contribution in [0.15, 0.2) is 29.2 Å². The topological polar surface area (TPSA) is 54.5 Å². The van der Waals surface area contributed by atoms with Crippen LogP contribution in [0.3, 0.4) is 0 Å². The van der Waals surface area contributed by atoms with E-state index in [1.54, 1.807) is 12.1 Å². The SMILES string of the molecule is CC(C)C(=O)[C@@H]1CCN(S(=O)(=O)c2ccc(Cl)cc2)C1. The van der Waals surface area contributed by atoms with Gasteiger partial charge in [-0.15, -0.1) is 0 Å². The van der Waals surface area contributed by atoms with Crippen LogP contribution in [0.25, 0.3) is 0 Å². The predicted octanol–water partition coefficient (Wildman–Crippen LogP) is 2.58. The van der Waals surface area contributed by atoms with Gasteiger partial charge in [0.25, 0.3) is 0 Å². The monoisotopic (exact) mass is 315 g/mol.